The number of nitrogens with two attached hydrogens (primary N) is 1. The number of hydrogen-bond donors (Lipinski definition) is 1. The van der Waals surface area contributed by atoms with Gasteiger partial charge in [0, 0.05) is 17.2 Å². The molecule has 0 saturated heterocycles. The van der Waals surface area contributed by atoms with Crippen LogP contribution >= 0.6 is 0 Å². The normalized spacial score (nSPS) is 18.6. The van der Waals surface area contributed by atoms with Crippen LogP contribution in [0.25, 0.3) is 0 Å². The summed E-state index contributed by atoms with van der Waals surface area (Å²) in [6, 6.07) is 3.70. The highest BCUT2D eigenvalue weighted by Gasteiger charge is 2.34. The van der Waals surface area contributed by atoms with Crippen molar-refractivity contribution >= 4 is 5.69 Å². The summed E-state index contributed by atoms with van der Waals surface area (Å²) < 4.78 is 13.7. The third-order valence-corrected chi connectivity index (χ3v) is 3.20. The van der Waals surface area contributed by atoms with Gasteiger partial charge < -0.3 is 5.73 Å². The van der Waals surface area contributed by atoms with Crippen LogP contribution in [0.3, 0.4) is 0 Å². The van der Waals surface area contributed by atoms with Crippen molar-refractivity contribution in [2.45, 2.75) is 31.2 Å². The zero-order chi connectivity index (χ0) is 11.8. The predicted octanol–water partition coefficient (Wildman–Crippen LogP) is 2.46. The number of rotatable bonds is 2. The Labute approximate surface area is 92.4 Å². The molecule has 1 fully saturated rings. The van der Waals surface area contributed by atoms with E-state index in [9.17, 15) is 14.5 Å². The second-order valence-electron chi connectivity index (χ2n) is 4.28. The molecular weight excluding hydrogens is 211 g/mol. The van der Waals surface area contributed by atoms with Crippen LogP contribution in [-0.4, -0.2) is 4.92 Å². The number of nitro benzene ring substituents is 1. The zero-order valence-electron chi connectivity index (χ0n) is 8.78. The van der Waals surface area contributed by atoms with Crippen molar-refractivity contribution in [3.63, 3.8) is 0 Å². The first-order chi connectivity index (χ1) is 7.53. The Morgan fingerprint density at radius 2 is 2.00 bits per heavy atom. The van der Waals surface area contributed by atoms with Gasteiger partial charge in [0.05, 0.1) is 11.0 Å². The molecular formula is C11H13FN2O2. The zero-order valence-corrected chi connectivity index (χ0v) is 8.78. The average Bonchev–Trinajstić information content (AvgIpc) is 2.65. The van der Waals surface area contributed by atoms with E-state index in [1.807, 2.05) is 0 Å². The highest BCUT2D eigenvalue weighted by atomic mass is 19.1. The maximum atomic E-state index is 13.7. The van der Waals surface area contributed by atoms with E-state index in [0.717, 1.165) is 31.7 Å². The molecule has 4 nitrogen and oxygen atoms in total. The lowest BCUT2D eigenvalue weighted by Gasteiger charge is -2.24. The SMILES string of the molecule is NC1(c2ccc([N+](=O)[O-])cc2F)CCCC1. The first kappa shape index (κ1) is 11.0. The molecule has 0 aromatic heterocycles. The first-order valence-corrected chi connectivity index (χ1v) is 5.26. The van der Waals surface area contributed by atoms with Gasteiger partial charge in [0.2, 0.25) is 0 Å². The molecule has 0 bridgehead atoms. The number of benzene rings is 1. The first-order valence-electron chi connectivity index (χ1n) is 5.26. The monoisotopic (exact) mass is 224 g/mol. The summed E-state index contributed by atoms with van der Waals surface area (Å²) in [5.74, 6) is -0.571. The maximum Gasteiger partial charge on any atom is 0.272 e. The van der Waals surface area contributed by atoms with Crippen LogP contribution in [-0.2, 0) is 5.54 Å². The van der Waals surface area contributed by atoms with Crippen LogP contribution in [0.1, 0.15) is 31.2 Å². The van der Waals surface area contributed by atoms with E-state index in [1.165, 1.54) is 12.1 Å². The highest BCUT2D eigenvalue weighted by Crippen LogP contribution is 2.38. The second kappa shape index (κ2) is 3.83. The lowest BCUT2D eigenvalue weighted by molar-refractivity contribution is -0.385. The molecule has 1 aliphatic rings. The van der Waals surface area contributed by atoms with Crippen molar-refractivity contribution < 1.29 is 9.31 Å². The summed E-state index contributed by atoms with van der Waals surface area (Å²) in [7, 11) is 0. The largest absolute Gasteiger partial charge is 0.321 e. The van der Waals surface area contributed by atoms with Crippen LogP contribution < -0.4 is 5.73 Å². The van der Waals surface area contributed by atoms with Crippen LogP contribution in [0.4, 0.5) is 10.1 Å². The molecule has 16 heavy (non-hydrogen) atoms. The molecule has 0 aliphatic heterocycles. The fraction of sp³-hybridized carbons (Fsp3) is 0.455. The van der Waals surface area contributed by atoms with Gasteiger partial charge in [0.15, 0.2) is 0 Å². The van der Waals surface area contributed by atoms with E-state index < -0.39 is 16.3 Å². The fourth-order valence-corrected chi connectivity index (χ4v) is 2.30. The smallest absolute Gasteiger partial charge is 0.272 e. The Hall–Kier alpha value is -1.49. The van der Waals surface area contributed by atoms with Gasteiger partial charge in [-0.3, -0.25) is 10.1 Å². The molecule has 0 amide bonds. The Kier molecular flexibility index (Phi) is 2.63. The Morgan fingerprint density at radius 1 is 1.38 bits per heavy atom. The molecule has 2 rings (SSSR count). The van der Waals surface area contributed by atoms with Crippen LogP contribution in [0.2, 0.25) is 0 Å². The van der Waals surface area contributed by atoms with Gasteiger partial charge in [-0.05, 0) is 18.9 Å². The Balaban J connectivity index is 2.39. The van der Waals surface area contributed by atoms with Gasteiger partial charge in [-0.25, -0.2) is 4.39 Å². The molecule has 1 aromatic rings. The summed E-state index contributed by atoms with van der Waals surface area (Å²) in [4.78, 5) is 9.87. The molecule has 86 valence electrons. The van der Waals surface area contributed by atoms with Crippen molar-refractivity contribution in [1.82, 2.24) is 0 Å². The molecule has 0 unspecified atom stereocenters. The van der Waals surface area contributed by atoms with Gasteiger partial charge in [-0.15, -0.1) is 0 Å². The lowest BCUT2D eigenvalue weighted by Crippen LogP contribution is -2.34. The fourth-order valence-electron chi connectivity index (χ4n) is 2.30. The van der Waals surface area contributed by atoms with Gasteiger partial charge in [-0.2, -0.15) is 0 Å². The van der Waals surface area contributed by atoms with Crippen LogP contribution in [0.15, 0.2) is 18.2 Å². The van der Waals surface area contributed by atoms with E-state index in [4.69, 9.17) is 5.73 Å². The minimum absolute atomic E-state index is 0.233. The maximum absolute atomic E-state index is 13.7. The van der Waals surface area contributed by atoms with Crippen molar-refractivity contribution in [2.75, 3.05) is 0 Å². The molecule has 0 heterocycles. The lowest BCUT2D eigenvalue weighted by atomic mass is 9.89. The number of non-ortho nitro benzene ring substituents is 1. The standard InChI is InChI=1S/C11H13FN2O2/c12-10-7-8(14(15)16)3-4-9(10)11(13)5-1-2-6-11/h3-4,7H,1-2,5-6,13H2. The third-order valence-electron chi connectivity index (χ3n) is 3.20. The molecule has 0 radical (unpaired) electrons. The third kappa shape index (κ3) is 1.78. The van der Waals surface area contributed by atoms with Gasteiger partial charge >= 0.3 is 0 Å². The van der Waals surface area contributed by atoms with Gasteiger partial charge in [-0.1, -0.05) is 12.8 Å². The van der Waals surface area contributed by atoms with Crippen molar-refractivity contribution in [3.05, 3.63) is 39.7 Å². The number of nitrogens with zero attached hydrogens (tertiary/aromatic N) is 1. The van der Waals surface area contributed by atoms with Crippen LogP contribution in [0, 0.1) is 15.9 Å². The minimum Gasteiger partial charge on any atom is -0.321 e. The molecule has 2 N–H and O–H groups in total. The topological polar surface area (TPSA) is 69.2 Å². The number of nitro groups is 1. The quantitative estimate of drug-likeness (QED) is 0.619. The van der Waals surface area contributed by atoms with E-state index >= 15 is 0 Å². The van der Waals surface area contributed by atoms with Gasteiger partial charge in [0.25, 0.3) is 5.69 Å². The van der Waals surface area contributed by atoms with E-state index in [-0.39, 0.29) is 5.69 Å². The second-order valence-corrected chi connectivity index (χ2v) is 4.28. The Morgan fingerprint density at radius 3 is 2.50 bits per heavy atom. The predicted molar refractivity (Wildman–Crippen MR) is 57.4 cm³/mol. The number of hydrogen-bond acceptors (Lipinski definition) is 3. The Bertz CT molecular complexity index is 428. The molecule has 1 aliphatic carbocycles. The molecule has 0 atom stereocenters. The molecule has 5 heteroatoms. The summed E-state index contributed by atoms with van der Waals surface area (Å²) in [6.45, 7) is 0. The average molecular weight is 224 g/mol. The molecule has 1 saturated carbocycles. The minimum atomic E-state index is -0.640. The van der Waals surface area contributed by atoms with Crippen molar-refractivity contribution in [1.29, 1.82) is 0 Å². The van der Waals surface area contributed by atoms with E-state index in [1.54, 1.807) is 0 Å². The summed E-state index contributed by atoms with van der Waals surface area (Å²) in [6.07, 6.45) is 3.43. The summed E-state index contributed by atoms with van der Waals surface area (Å²) in [5.41, 5.74) is 5.62. The van der Waals surface area contributed by atoms with Crippen molar-refractivity contribution in [2.24, 2.45) is 5.73 Å². The molecule has 1 aromatic carbocycles. The van der Waals surface area contributed by atoms with E-state index in [0.29, 0.717) is 5.56 Å². The van der Waals surface area contributed by atoms with Crippen molar-refractivity contribution in [3.8, 4) is 0 Å². The van der Waals surface area contributed by atoms with Gasteiger partial charge in [0.1, 0.15) is 5.82 Å². The molecule has 0 spiro atoms. The summed E-state index contributed by atoms with van der Waals surface area (Å²) in [5, 5.41) is 10.5. The summed E-state index contributed by atoms with van der Waals surface area (Å²) >= 11 is 0. The van der Waals surface area contributed by atoms with Crippen LogP contribution in [0.5, 0.6) is 0 Å². The highest BCUT2D eigenvalue weighted by molar-refractivity contribution is 5.37. The van der Waals surface area contributed by atoms with E-state index in [2.05, 4.69) is 0 Å². The number of halogens is 1.